The van der Waals surface area contributed by atoms with Gasteiger partial charge in [0.2, 0.25) is 0 Å². The Bertz CT molecular complexity index is 3580. The van der Waals surface area contributed by atoms with Gasteiger partial charge in [-0.05, 0) is 146 Å². The fourth-order valence-electron chi connectivity index (χ4n) is 7.34. The van der Waals surface area contributed by atoms with Gasteiger partial charge in [0.15, 0.2) is 0 Å². The Labute approximate surface area is 537 Å². The van der Waals surface area contributed by atoms with Crippen LogP contribution >= 0.6 is 7.60 Å². The van der Waals surface area contributed by atoms with E-state index >= 15 is 0 Å². The normalized spacial score (nSPS) is 9.70. The number of hydrogen-bond donors (Lipinski definition) is 4. The number of pyridine rings is 10. The molecule has 0 bridgehead atoms. The number of aromatic carboxylic acids is 2. The zero-order valence-electron chi connectivity index (χ0n) is 48.5. The van der Waals surface area contributed by atoms with E-state index in [9.17, 15) is 23.9 Å². The van der Waals surface area contributed by atoms with E-state index in [0.717, 1.165) is 56.7 Å². The molecule has 10 aromatic heterocycles. The summed E-state index contributed by atoms with van der Waals surface area (Å²) in [6.45, 7) is 16.9. The number of rotatable bonds is 10. The Morgan fingerprint density at radius 2 is 0.705 bits per heavy atom. The molecule has 1 aromatic carbocycles. The number of aryl methyl sites for hydroxylation is 2. The predicted octanol–water partition coefficient (Wildman–Crippen LogP) is 13.5. The third kappa shape index (κ3) is 23.3. The summed E-state index contributed by atoms with van der Waals surface area (Å²) in [4.78, 5) is 83.8. The minimum atomic E-state index is -4.39. The van der Waals surface area contributed by atoms with Gasteiger partial charge in [-0.15, -0.1) is 35.9 Å². The number of carbonyl (C=O) groups is 2. The molecule has 0 aliphatic heterocycles. The van der Waals surface area contributed by atoms with Crippen molar-refractivity contribution in [1.29, 1.82) is 5.26 Å². The molecule has 1 radical (unpaired) electrons. The van der Waals surface area contributed by atoms with Crippen LogP contribution in [0.25, 0.3) is 79.6 Å². The number of benzene rings is 1. The van der Waals surface area contributed by atoms with Crippen molar-refractivity contribution in [2.75, 3.05) is 0 Å². The van der Waals surface area contributed by atoms with Crippen LogP contribution in [0.2, 0.25) is 0 Å². The van der Waals surface area contributed by atoms with Gasteiger partial charge in [0.25, 0.3) is 0 Å². The number of hydrogen-bond acceptors (Lipinski definition) is 14. The zero-order valence-corrected chi connectivity index (χ0v) is 52.9. The van der Waals surface area contributed by atoms with Crippen LogP contribution in [-0.4, -0.2) is 81.8 Å². The first-order chi connectivity index (χ1) is 41.6. The van der Waals surface area contributed by atoms with Gasteiger partial charge >= 0.3 is 39.0 Å². The van der Waals surface area contributed by atoms with Crippen LogP contribution in [0.1, 0.15) is 59.5 Å². The van der Waals surface area contributed by atoms with Gasteiger partial charge in [-0.1, -0.05) is 36.4 Å². The molecule has 0 spiro atoms. The van der Waals surface area contributed by atoms with Crippen LogP contribution in [0.15, 0.2) is 219 Å². The minimum absolute atomic E-state index is 0. The molecule has 0 aliphatic rings. The first-order valence-electron chi connectivity index (χ1n) is 26.3. The van der Waals surface area contributed by atoms with Crippen LogP contribution in [0.4, 0.5) is 0 Å². The summed E-state index contributed by atoms with van der Waals surface area (Å²) < 4.78 is 11.6. The van der Waals surface area contributed by atoms with Crippen molar-refractivity contribution in [3.05, 3.63) is 267 Å². The fraction of sp³-hybridized carbons (Fsp3) is 0.0896. The van der Waals surface area contributed by atoms with Crippen molar-refractivity contribution in [1.82, 2.24) is 49.8 Å². The van der Waals surface area contributed by atoms with Gasteiger partial charge in [0.1, 0.15) is 0 Å². The molecule has 4 N–H and O–H groups in total. The van der Waals surface area contributed by atoms with Crippen molar-refractivity contribution in [2.45, 2.75) is 41.5 Å². The molecule has 0 unspecified atom stereocenters. The molecule has 11 rings (SSSR count). The molecule has 0 atom stereocenters. The molecule has 0 aliphatic carbocycles. The van der Waals surface area contributed by atoms with Crippen LogP contribution in [-0.2, 0) is 43.5 Å². The van der Waals surface area contributed by atoms with Gasteiger partial charge in [-0.25, -0.2) is 19.6 Å². The van der Waals surface area contributed by atoms with Crippen LogP contribution in [0.5, 0.6) is 0 Å². The fourth-order valence-corrected chi connectivity index (χ4v) is 7.93. The minimum Gasteiger partial charge on any atom is -0.512 e. The SMILES string of the molecule is C[CH+]C.C[CH+]C.Cc1cc(-c2ccccn2)nc(-c2ccccn2)c1.Cc1cc(-c2ccccn2)nc(-c2ccccn2)c1.O=C(O)c1ccnc(-c2cc(C(=O)O)ccn2)c1.O=P(O)(O)c1cc(-c2[c-]cccc2)nc(-c2ccccn2)c1.[C-]#N.[Ru+].[Ru]. The third-order valence-corrected chi connectivity index (χ3v) is 11.9. The average Bonchev–Trinajstić information content (AvgIpc) is 1.47. The van der Waals surface area contributed by atoms with E-state index in [1.165, 1.54) is 48.8 Å². The van der Waals surface area contributed by atoms with Crippen LogP contribution in [0, 0.1) is 44.6 Å². The third-order valence-electron chi connectivity index (χ3n) is 11.0. The maximum Gasteiger partial charge on any atom is 1.00 e. The number of nitrogens with zero attached hydrogens (tertiary/aromatic N) is 11. The summed E-state index contributed by atoms with van der Waals surface area (Å²) in [5.41, 5.74) is 12.2. The molecule has 18 nitrogen and oxygen atoms in total. The molecule has 10 heterocycles. The summed E-state index contributed by atoms with van der Waals surface area (Å²) in [6, 6.07) is 55.1. The summed E-state index contributed by atoms with van der Waals surface area (Å²) in [6.07, 6.45) is 15.4. The van der Waals surface area contributed by atoms with Crippen molar-refractivity contribution in [3.8, 4) is 79.6 Å². The van der Waals surface area contributed by atoms with Crippen LogP contribution in [0.3, 0.4) is 0 Å². The Balaban J connectivity index is 0.000000293. The molecular weight excluding hydrogens is 1300 g/mol. The molecule has 11 aromatic rings. The second-order valence-corrected chi connectivity index (χ2v) is 19.5. The molecule has 0 saturated heterocycles. The predicted molar refractivity (Wildman–Crippen MR) is 332 cm³/mol. The van der Waals surface area contributed by atoms with Crippen molar-refractivity contribution >= 4 is 24.8 Å². The maximum absolute atomic E-state index is 11.6. The first-order valence-corrected chi connectivity index (χ1v) is 27.9. The van der Waals surface area contributed by atoms with E-state index in [1.807, 2.05) is 150 Å². The molecule has 88 heavy (non-hydrogen) atoms. The van der Waals surface area contributed by atoms with E-state index in [4.69, 9.17) is 22.0 Å². The smallest absolute Gasteiger partial charge is 0.512 e. The van der Waals surface area contributed by atoms with Gasteiger partial charge < -0.3 is 31.8 Å². The molecule has 0 amide bonds. The quantitative estimate of drug-likeness (QED) is 0.0562. The molecule has 0 fully saturated rings. The van der Waals surface area contributed by atoms with Crippen LogP contribution < -0.4 is 5.30 Å². The average molecular weight is 1360 g/mol. The number of carboxylic acid groups (broad SMARTS) is 2. The largest absolute Gasteiger partial charge is 1.00 e. The summed E-state index contributed by atoms with van der Waals surface area (Å²) in [5.74, 6) is -2.15. The molecule has 21 heteroatoms. The van der Waals surface area contributed by atoms with E-state index in [-0.39, 0.29) is 55.4 Å². The summed E-state index contributed by atoms with van der Waals surface area (Å²) in [7, 11) is -4.39. The van der Waals surface area contributed by atoms with Crippen molar-refractivity contribution < 1.29 is 73.1 Å². The van der Waals surface area contributed by atoms with Gasteiger partial charge in [-0.2, -0.15) is 0 Å². The summed E-state index contributed by atoms with van der Waals surface area (Å²) >= 11 is 0. The van der Waals surface area contributed by atoms with E-state index < -0.39 is 19.5 Å². The standard InChI is InChI=1S/2C16H13N3.C16H12N2O3P.C12H8N2O4.2C3H7.CN.2Ru/c2*1-12-10-15(13-6-2-4-8-17-13)19-16(11-12)14-7-3-5-9-18-14;19-22(20,21)13-10-15(12-6-2-1-3-7-12)18-16(11-13)14-8-4-5-9-17-14;15-11(16)7-1-3-13-9(5-7)10-6-8(12(17)18)2-4-14-10;2*1-3-2;1-2;;/h2*2-11H,1H3;1-6,8-11H,(H2,19,20,21);1-6H,(H,15,16)(H,17,18);2*3H,1-2H3;;;/q;;-1;;2*+1;-1;;+1. The van der Waals surface area contributed by atoms with Crippen molar-refractivity contribution in [3.63, 3.8) is 0 Å². The van der Waals surface area contributed by atoms with E-state index in [0.29, 0.717) is 34.0 Å². The van der Waals surface area contributed by atoms with Gasteiger partial charge in [0, 0.05) is 62.9 Å². The second-order valence-electron chi connectivity index (χ2n) is 17.9. The number of aromatic nitrogens is 10. The molecule has 445 valence electrons. The van der Waals surface area contributed by atoms with E-state index in [2.05, 4.69) is 69.8 Å². The van der Waals surface area contributed by atoms with Gasteiger partial charge in [0.05, 0.1) is 125 Å². The number of carboxylic acids is 2. The Hall–Kier alpha value is -9.71. The van der Waals surface area contributed by atoms with Gasteiger partial charge in [-0.3, -0.25) is 44.4 Å². The Kier molecular flexibility index (Phi) is 31.6. The zero-order chi connectivity index (χ0) is 62.3. The van der Waals surface area contributed by atoms with Crippen molar-refractivity contribution in [2.24, 2.45) is 0 Å². The summed E-state index contributed by atoms with van der Waals surface area (Å²) in [5, 5.41) is 23.9. The topological polar surface area (TPSA) is 285 Å². The maximum atomic E-state index is 11.6. The monoisotopic (exact) mass is 1370 g/mol. The first kappa shape index (κ1) is 72.5. The Morgan fingerprint density at radius 3 is 0.977 bits per heavy atom. The second kappa shape index (κ2) is 38.4. The molecule has 0 saturated carbocycles. The molecular formula is C67H60N11O7PRu2+. The Morgan fingerprint density at radius 1 is 0.420 bits per heavy atom. The van der Waals surface area contributed by atoms with E-state index in [1.54, 1.807) is 61.3 Å².